The zero-order valence-corrected chi connectivity index (χ0v) is 14.4. The quantitative estimate of drug-likeness (QED) is 0.715. The van der Waals surface area contributed by atoms with E-state index in [0.717, 1.165) is 18.1 Å². The predicted molar refractivity (Wildman–Crippen MR) is 95.0 cm³/mol. The molecule has 118 valence electrons. The van der Waals surface area contributed by atoms with E-state index in [1.165, 1.54) is 24.3 Å². The van der Waals surface area contributed by atoms with Crippen molar-refractivity contribution in [2.45, 2.75) is 25.6 Å². The Morgan fingerprint density at radius 2 is 2.13 bits per heavy atom. The molecule has 6 heteroatoms. The van der Waals surface area contributed by atoms with Gasteiger partial charge in [0.2, 0.25) is 4.77 Å². The number of quaternary nitrogens is 1. The van der Waals surface area contributed by atoms with E-state index < -0.39 is 0 Å². The lowest BCUT2D eigenvalue weighted by Gasteiger charge is -2.20. The molecule has 4 rings (SSSR count). The molecule has 2 aromatic heterocycles. The fourth-order valence-corrected chi connectivity index (χ4v) is 4.45. The second-order valence-corrected chi connectivity index (χ2v) is 7.27. The van der Waals surface area contributed by atoms with E-state index in [4.69, 9.17) is 12.2 Å². The topological polar surface area (TPSA) is 38.0 Å². The van der Waals surface area contributed by atoms with Crippen LogP contribution in [0.3, 0.4) is 0 Å². The Kier molecular flexibility index (Phi) is 4.11. The molecule has 1 aliphatic rings. The van der Waals surface area contributed by atoms with Crippen LogP contribution in [0.25, 0.3) is 11.4 Å². The minimum atomic E-state index is 0.584. The van der Waals surface area contributed by atoms with Crippen LogP contribution in [0.1, 0.15) is 23.8 Å². The van der Waals surface area contributed by atoms with Crippen molar-refractivity contribution >= 4 is 23.6 Å². The van der Waals surface area contributed by atoms with E-state index in [2.05, 4.69) is 39.7 Å². The molecule has 23 heavy (non-hydrogen) atoms. The van der Waals surface area contributed by atoms with E-state index in [9.17, 15) is 0 Å². The molecular formula is C17H19N4S2+. The minimum Gasteiger partial charge on any atom is -0.309 e. The Morgan fingerprint density at radius 1 is 1.26 bits per heavy atom. The van der Waals surface area contributed by atoms with E-state index >= 15 is 0 Å². The van der Waals surface area contributed by atoms with Crippen LogP contribution < -0.4 is 4.90 Å². The summed E-state index contributed by atoms with van der Waals surface area (Å²) >= 11 is 7.31. The number of aromatic amines is 1. The van der Waals surface area contributed by atoms with Crippen molar-refractivity contribution in [2.24, 2.45) is 0 Å². The van der Waals surface area contributed by atoms with Gasteiger partial charge < -0.3 is 4.90 Å². The number of likely N-dealkylation sites (tertiary alicyclic amines) is 1. The maximum absolute atomic E-state index is 5.46. The highest BCUT2D eigenvalue weighted by Crippen LogP contribution is 2.23. The molecule has 2 atom stereocenters. The number of thiophene rings is 1. The van der Waals surface area contributed by atoms with Gasteiger partial charge in [-0.05, 0) is 23.7 Å². The van der Waals surface area contributed by atoms with Gasteiger partial charge >= 0.3 is 0 Å². The highest BCUT2D eigenvalue weighted by molar-refractivity contribution is 7.71. The molecule has 0 aliphatic carbocycles. The average Bonchev–Trinajstić information content (AvgIpc) is 3.30. The molecule has 1 unspecified atom stereocenters. The molecule has 2 N–H and O–H groups in total. The van der Waals surface area contributed by atoms with Crippen molar-refractivity contribution in [1.82, 2.24) is 14.8 Å². The van der Waals surface area contributed by atoms with Crippen molar-refractivity contribution < 1.29 is 4.90 Å². The van der Waals surface area contributed by atoms with Crippen LogP contribution in [0.5, 0.6) is 0 Å². The zero-order chi connectivity index (χ0) is 15.6. The number of aromatic nitrogens is 3. The number of benzene rings is 1. The number of rotatable bonds is 4. The summed E-state index contributed by atoms with van der Waals surface area (Å²) in [6.07, 6.45) is 2.52. The van der Waals surface area contributed by atoms with Crippen LogP contribution >= 0.6 is 23.6 Å². The SMILES string of the molecule is S=c1nc(-c2ccccc2)[nH]n1C[NH+]1CCC[C@@H]1c1cccs1. The van der Waals surface area contributed by atoms with Gasteiger partial charge in [-0.25, -0.2) is 4.68 Å². The van der Waals surface area contributed by atoms with Gasteiger partial charge in [-0.1, -0.05) is 36.4 Å². The molecule has 1 aliphatic heterocycles. The Hall–Kier alpha value is -1.76. The van der Waals surface area contributed by atoms with Gasteiger partial charge in [-0.15, -0.1) is 11.3 Å². The smallest absolute Gasteiger partial charge is 0.221 e. The van der Waals surface area contributed by atoms with Gasteiger partial charge in [0, 0.05) is 18.4 Å². The number of hydrogen-bond donors (Lipinski definition) is 2. The first-order valence-corrected chi connectivity index (χ1v) is 9.20. The standard InChI is InChI=1S/C17H18N4S2/c22-17-18-16(13-6-2-1-3-7-13)19-21(17)12-20-10-4-8-14(20)15-9-5-11-23-15/h1-3,5-7,9,11,14H,4,8,10,12H2,(H,18,19,22)/p+1/t14-/m1/s1. The maximum atomic E-state index is 5.46. The maximum Gasteiger partial charge on any atom is 0.221 e. The zero-order valence-electron chi connectivity index (χ0n) is 12.7. The van der Waals surface area contributed by atoms with Gasteiger partial charge in [0.15, 0.2) is 12.5 Å². The van der Waals surface area contributed by atoms with Crippen molar-refractivity contribution in [2.75, 3.05) is 6.54 Å². The molecule has 4 nitrogen and oxygen atoms in total. The van der Waals surface area contributed by atoms with Crippen molar-refractivity contribution in [1.29, 1.82) is 0 Å². The Labute approximate surface area is 144 Å². The molecule has 0 saturated carbocycles. The molecular weight excluding hydrogens is 324 g/mol. The van der Waals surface area contributed by atoms with Gasteiger partial charge in [-0.3, -0.25) is 5.10 Å². The number of nitrogens with zero attached hydrogens (tertiary/aromatic N) is 2. The van der Waals surface area contributed by atoms with Crippen LogP contribution in [-0.2, 0) is 6.67 Å². The summed E-state index contributed by atoms with van der Waals surface area (Å²) in [6, 6.07) is 15.1. The van der Waals surface area contributed by atoms with Crippen LogP contribution in [0.4, 0.5) is 0 Å². The highest BCUT2D eigenvalue weighted by atomic mass is 32.1. The van der Waals surface area contributed by atoms with E-state index in [1.807, 2.05) is 34.2 Å². The molecule has 0 bridgehead atoms. The van der Waals surface area contributed by atoms with Crippen LogP contribution in [0, 0.1) is 4.77 Å². The molecule has 1 saturated heterocycles. The van der Waals surface area contributed by atoms with Crippen molar-refractivity contribution in [3.8, 4) is 11.4 Å². The first-order chi connectivity index (χ1) is 11.3. The average molecular weight is 344 g/mol. The second kappa shape index (κ2) is 6.39. The van der Waals surface area contributed by atoms with E-state index in [-0.39, 0.29) is 0 Å². The Bertz CT molecular complexity index is 820. The molecule has 1 fully saturated rings. The fourth-order valence-electron chi connectivity index (χ4n) is 3.33. The lowest BCUT2D eigenvalue weighted by molar-refractivity contribution is -0.941. The van der Waals surface area contributed by atoms with Crippen LogP contribution in [-0.4, -0.2) is 21.3 Å². The van der Waals surface area contributed by atoms with Gasteiger partial charge in [-0.2, -0.15) is 4.98 Å². The summed E-state index contributed by atoms with van der Waals surface area (Å²) in [5.74, 6) is 0.849. The summed E-state index contributed by atoms with van der Waals surface area (Å²) in [7, 11) is 0. The van der Waals surface area contributed by atoms with Crippen molar-refractivity contribution in [3.05, 3.63) is 57.5 Å². The molecule has 0 amide bonds. The van der Waals surface area contributed by atoms with Gasteiger partial charge in [0.05, 0.1) is 11.4 Å². The molecule has 3 heterocycles. The van der Waals surface area contributed by atoms with Gasteiger partial charge in [0.1, 0.15) is 6.04 Å². The third-order valence-electron chi connectivity index (χ3n) is 4.46. The van der Waals surface area contributed by atoms with Crippen LogP contribution in [0.2, 0.25) is 0 Å². The Morgan fingerprint density at radius 3 is 2.91 bits per heavy atom. The first kappa shape index (κ1) is 14.8. The molecule has 0 radical (unpaired) electrons. The predicted octanol–water partition coefficient (Wildman–Crippen LogP) is 3.05. The van der Waals surface area contributed by atoms with E-state index in [0.29, 0.717) is 10.8 Å². The number of H-pyrrole nitrogens is 1. The van der Waals surface area contributed by atoms with E-state index in [1.54, 1.807) is 4.90 Å². The first-order valence-electron chi connectivity index (χ1n) is 7.91. The summed E-state index contributed by atoms with van der Waals surface area (Å²) < 4.78 is 2.65. The monoisotopic (exact) mass is 343 g/mol. The third-order valence-corrected chi connectivity index (χ3v) is 5.76. The highest BCUT2D eigenvalue weighted by Gasteiger charge is 2.31. The minimum absolute atomic E-state index is 0.584. The van der Waals surface area contributed by atoms with Crippen molar-refractivity contribution in [3.63, 3.8) is 0 Å². The summed E-state index contributed by atoms with van der Waals surface area (Å²) in [5.41, 5.74) is 1.07. The molecule has 3 aromatic rings. The summed E-state index contributed by atoms with van der Waals surface area (Å²) in [6.45, 7) is 2.03. The fraction of sp³-hybridized carbons (Fsp3) is 0.294. The second-order valence-electron chi connectivity index (χ2n) is 5.93. The third kappa shape index (κ3) is 3.02. The lowest BCUT2D eigenvalue weighted by Crippen LogP contribution is -3.09. The molecule has 0 spiro atoms. The number of hydrogen-bond acceptors (Lipinski definition) is 3. The summed E-state index contributed by atoms with van der Waals surface area (Å²) in [5, 5.41) is 5.54. The van der Waals surface area contributed by atoms with Gasteiger partial charge in [0.25, 0.3) is 0 Å². The largest absolute Gasteiger partial charge is 0.309 e. The Balaban J connectivity index is 1.57. The molecule has 1 aromatic carbocycles. The number of nitrogens with one attached hydrogen (secondary N) is 2. The van der Waals surface area contributed by atoms with Crippen LogP contribution in [0.15, 0.2) is 47.8 Å². The summed E-state index contributed by atoms with van der Waals surface area (Å²) in [4.78, 5) is 7.56. The lowest BCUT2D eigenvalue weighted by atomic mass is 10.2. The normalized spacial score (nSPS) is 20.9.